The van der Waals surface area contributed by atoms with Gasteiger partial charge in [-0.3, -0.25) is 9.59 Å². The number of aromatic nitrogens is 2. The highest BCUT2D eigenvalue weighted by molar-refractivity contribution is 7.90. The number of nitrogens with zero attached hydrogens (tertiary/aromatic N) is 5. The highest BCUT2D eigenvalue weighted by Gasteiger charge is 2.35. The molecule has 3 aromatic rings. The van der Waals surface area contributed by atoms with Gasteiger partial charge in [-0.1, -0.05) is 29.8 Å². The molecule has 2 aromatic carbocycles. The van der Waals surface area contributed by atoms with Crippen LogP contribution in [0.25, 0.3) is 16.9 Å². The second-order valence-corrected chi connectivity index (χ2v) is 12.6. The van der Waals surface area contributed by atoms with Crippen molar-refractivity contribution in [1.82, 2.24) is 19.5 Å². The minimum atomic E-state index is -4.70. The normalized spacial score (nSPS) is 12.5. The predicted octanol–water partition coefficient (Wildman–Crippen LogP) is 4.74. The zero-order valence-corrected chi connectivity index (χ0v) is 26.0. The van der Waals surface area contributed by atoms with E-state index in [4.69, 9.17) is 4.74 Å². The molecular formula is C28H33F3N6O7S. The van der Waals surface area contributed by atoms with Crippen LogP contribution in [0.3, 0.4) is 0 Å². The molecule has 0 atom stereocenters. The molecule has 0 aliphatic carbocycles. The number of benzene rings is 2. The maximum absolute atomic E-state index is 13.5. The predicted molar refractivity (Wildman–Crippen MR) is 153 cm³/mol. The molecule has 1 heterocycles. The van der Waals surface area contributed by atoms with Gasteiger partial charge in [-0.25, -0.2) is 17.8 Å². The van der Waals surface area contributed by atoms with Gasteiger partial charge in [0.1, 0.15) is 0 Å². The zero-order valence-electron chi connectivity index (χ0n) is 25.2. The van der Waals surface area contributed by atoms with Crippen LogP contribution in [0, 0.1) is 17.5 Å². The first-order chi connectivity index (χ1) is 20.9. The third-order valence-corrected chi connectivity index (χ3v) is 7.54. The summed E-state index contributed by atoms with van der Waals surface area (Å²) < 4.78 is 73.7. The summed E-state index contributed by atoms with van der Waals surface area (Å²) in [5.41, 5.74) is -0.175. The van der Waals surface area contributed by atoms with Crippen LogP contribution in [-0.2, 0) is 35.4 Å². The van der Waals surface area contributed by atoms with Gasteiger partial charge in [-0.2, -0.15) is 18.3 Å². The third-order valence-electron chi connectivity index (χ3n) is 6.15. The van der Waals surface area contributed by atoms with Crippen LogP contribution in [0.1, 0.15) is 44.9 Å². The average molecular weight is 655 g/mol. The number of sulfonamides is 1. The van der Waals surface area contributed by atoms with Crippen molar-refractivity contribution >= 4 is 21.9 Å². The first-order valence-electron chi connectivity index (χ1n) is 13.5. The molecule has 0 aliphatic heterocycles. The molecule has 0 fully saturated rings. The van der Waals surface area contributed by atoms with E-state index in [2.05, 4.69) is 15.2 Å². The summed E-state index contributed by atoms with van der Waals surface area (Å²) in [5, 5.41) is 19.9. The van der Waals surface area contributed by atoms with Crippen molar-refractivity contribution < 1.29 is 45.7 Å². The van der Waals surface area contributed by atoms with E-state index < -0.39 is 46.0 Å². The molecule has 1 amide bonds. The minimum Gasteiger partial charge on any atom is -0.569 e. The summed E-state index contributed by atoms with van der Waals surface area (Å²) in [4.78, 5) is 28.4. The van der Waals surface area contributed by atoms with Gasteiger partial charge in [-0.05, 0) is 64.4 Å². The highest BCUT2D eigenvalue weighted by atomic mass is 32.2. The molecule has 1 N–H and O–H groups in total. The maximum Gasteiger partial charge on any atom is 0.435 e. The van der Waals surface area contributed by atoms with Crippen LogP contribution in [0.5, 0.6) is 0 Å². The summed E-state index contributed by atoms with van der Waals surface area (Å²) in [6, 6.07) is 12.5. The minimum absolute atomic E-state index is 0.00654. The van der Waals surface area contributed by atoms with Crippen molar-refractivity contribution in [1.29, 1.82) is 0 Å². The summed E-state index contributed by atoms with van der Waals surface area (Å²) >= 11 is 0. The summed E-state index contributed by atoms with van der Waals surface area (Å²) in [7, 11) is -2.97. The first kappa shape index (κ1) is 34.8. The Balaban J connectivity index is 1.60. The van der Waals surface area contributed by atoms with Crippen LogP contribution in [0.15, 0.2) is 64.8 Å². The fraction of sp³-hybridized carbons (Fsp3) is 0.393. The molecule has 3 rings (SSSR count). The molecule has 244 valence electrons. The second-order valence-electron chi connectivity index (χ2n) is 11.0. The van der Waals surface area contributed by atoms with Crippen LogP contribution < -0.4 is 4.72 Å². The van der Waals surface area contributed by atoms with E-state index in [9.17, 15) is 36.4 Å². The summed E-state index contributed by atoms with van der Waals surface area (Å²) in [6.07, 6.45) is -4.91. The number of hydrogen-bond donors (Lipinski definition) is 1. The Morgan fingerprint density at radius 2 is 1.71 bits per heavy atom. The third kappa shape index (κ3) is 9.66. The van der Waals surface area contributed by atoms with Gasteiger partial charge in [0.05, 0.1) is 40.3 Å². The van der Waals surface area contributed by atoms with Crippen molar-refractivity contribution in [3.05, 3.63) is 71.1 Å². The molecule has 0 radical (unpaired) electrons. The van der Waals surface area contributed by atoms with E-state index in [1.807, 2.05) is 11.6 Å². The average Bonchev–Trinajstić information content (AvgIpc) is 3.41. The Morgan fingerprint density at radius 3 is 2.29 bits per heavy atom. The number of hydrazine groups is 1. The monoisotopic (exact) mass is 654 g/mol. The largest absolute Gasteiger partial charge is 0.569 e. The molecular weight excluding hydrogens is 621 g/mol. The lowest BCUT2D eigenvalue weighted by molar-refractivity contribution is -0.706. The van der Waals surface area contributed by atoms with Crippen molar-refractivity contribution in [2.75, 3.05) is 20.4 Å². The maximum atomic E-state index is 13.5. The molecule has 0 unspecified atom stereocenters. The SMILES string of the molecule is Cc1ccc(-c2cc(C(F)(F)F)nn2-c2ccc(S(=O)(=O)NC(=O)CCCN(C)/[N+]([O-])=N/OCOC(=O)C(C)(C)C)cc2)cc1. The summed E-state index contributed by atoms with van der Waals surface area (Å²) in [6.45, 7) is 6.17. The molecule has 45 heavy (non-hydrogen) atoms. The second kappa shape index (κ2) is 14.0. The fourth-order valence-corrected chi connectivity index (χ4v) is 4.67. The Bertz CT molecular complexity index is 1630. The van der Waals surface area contributed by atoms with Gasteiger partial charge in [0.15, 0.2) is 5.69 Å². The van der Waals surface area contributed by atoms with Crippen molar-refractivity contribution in [2.45, 2.75) is 51.6 Å². The lowest BCUT2D eigenvalue weighted by Gasteiger charge is -2.15. The van der Waals surface area contributed by atoms with Crippen LogP contribution in [-0.4, -0.2) is 60.4 Å². The molecule has 0 saturated heterocycles. The molecule has 17 heteroatoms. The number of carbonyl (C=O) groups excluding carboxylic acids is 2. The molecule has 0 aliphatic rings. The van der Waals surface area contributed by atoms with E-state index in [0.717, 1.165) is 33.5 Å². The van der Waals surface area contributed by atoms with Gasteiger partial charge >= 0.3 is 12.1 Å². The van der Waals surface area contributed by atoms with Crippen molar-refractivity contribution in [3.8, 4) is 16.9 Å². The topological polar surface area (TPSA) is 158 Å². The molecule has 0 bridgehead atoms. The Hall–Kier alpha value is -4.67. The quantitative estimate of drug-likeness (QED) is 0.0727. The fourth-order valence-electron chi connectivity index (χ4n) is 3.66. The lowest BCUT2D eigenvalue weighted by Crippen LogP contribution is -2.32. The van der Waals surface area contributed by atoms with E-state index in [-0.39, 0.29) is 40.6 Å². The van der Waals surface area contributed by atoms with Crippen LogP contribution in [0.2, 0.25) is 0 Å². The van der Waals surface area contributed by atoms with E-state index in [0.29, 0.717) is 5.56 Å². The number of aryl methyl sites for hydroxylation is 1. The molecule has 0 saturated carbocycles. The number of rotatable bonds is 12. The number of nitrogens with one attached hydrogen (secondary N) is 1. The highest BCUT2D eigenvalue weighted by Crippen LogP contribution is 2.33. The number of amides is 1. The number of esters is 1. The Morgan fingerprint density at radius 1 is 1.09 bits per heavy atom. The molecule has 0 spiro atoms. The van der Waals surface area contributed by atoms with Gasteiger partial charge in [0.2, 0.25) is 11.2 Å². The standard InChI is InChI=1S/C28H33F3N6O7S/c1-19-8-10-20(11-9-19)23-17-24(28(29,30)31)32-36(23)21-12-14-22(15-13-21)45(41,42)33-25(38)7-6-16-35(5)37(40)34-44-18-43-26(39)27(2,3)4/h8-15,17H,6-7,16,18H2,1-5H3,(H,33,38)/b37-34-. The number of ether oxygens (including phenoxy) is 1. The van der Waals surface area contributed by atoms with Gasteiger partial charge in [0.25, 0.3) is 16.8 Å². The number of carbonyl (C=O) groups is 2. The van der Waals surface area contributed by atoms with Gasteiger partial charge < -0.3 is 14.8 Å². The number of alkyl halides is 3. The smallest absolute Gasteiger partial charge is 0.435 e. The summed E-state index contributed by atoms with van der Waals surface area (Å²) in [5.74, 6) is -1.40. The number of hydrogen-bond acceptors (Lipinski definition) is 9. The lowest BCUT2D eigenvalue weighted by atomic mass is 9.98. The molecule has 13 nitrogen and oxygen atoms in total. The van der Waals surface area contributed by atoms with E-state index in [1.165, 1.54) is 19.2 Å². The van der Waals surface area contributed by atoms with E-state index >= 15 is 0 Å². The van der Waals surface area contributed by atoms with Crippen molar-refractivity contribution in [2.24, 2.45) is 10.7 Å². The first-order valence-corrected chi connectivity index (χ1v) is 15.0. The van der Waals surface area contributed by atoms with Crippen LogP contribution >= 0.6 is 0 Å². The zero-order chi connectivity index (χ0) is 33.6. The van der Waals surface area contributed by atoms with Crippen molar-refractivity contribution in [3.63, 3.8) is 0 Å². The van der Waals surface area contributed by atoms with Gasteiger partial charge in [-0.15, -0.1) is 5.01 Å². The van der Waals surface area contributed by atoms with Gasteiger partial charge in [0, 0.05) is 12.0 Å². The van der Waals surface area contributed by atoms with E-state index in [1.54, 1.807) is 45.0 Å². The Kier molecular flexibility index (Phi) is 10.8. The number of halogens is 3. The van der Waals surface area contributed by atoms with Crippen LogP contribution in [0.4, 0.5) is 13.2 Å². The molecule has 1 aromatic heterocycles. The Labute approximate surface area is 257 Å².